The van der Waals surface area contributed by atoms with Crippen LogP contribution in [0.15, 0.2) is 30.6 Å². The van der Waals surface area contributed by atoms with Gasteiger partial charge >= 0.3 is 18.3 Å². The van der Waals surface area contributed by atoms with Gasteiger partial charge in [0.05, 0.1) is 35.8 Å². The van der Waals surface area contributed by atoms with E-state index in [1.807, 2.05) is 18.7 Å². The molecule has 52 heavy (non-hydrogen) atoms. The number of aromatic nitrogens is 2. The molecule has 3 aliphatic rings. The Morgan fingerprint density at radius 3 is 1.88 bits per heavy atom. The molecule has 1 amide bonds. The molecule has 0 N–H and O–H groups in total. The van der Waals surface area contributed by atoms with E-state index >= 15 is 0 Å². The minimum atomic E-state index is -4.97. The molecular formula is C38H51F6N5O3. The third-order valence-electron chi connectivity index (χ3n) is 11.1. The Morgan fingerprint density at radius 1 is 0.827 bits per heavy atom. The van der Waals surface area contributed by atoms with Crippen LogP contribution in [0.1, 0.15) is 115 Å². The number of nitrogens with zero attached hydrogens (tertiary/aromatic N) is 5. The van der Waals surface area contributed by atoms with E-state index in [1.165, 1.54) is 0 Å². The number of piperidine rings is 2. The van der Waals surface area contributed by atoms with Gasteiger partial charge in [-0.05, 0) is 107 Å². The summed E-state index contributed by atoms with van der Waals surface area (Å²) < 4.78 is 88.4. The van der Waals surface area contributed by atoms with E-state index in [9.17, 15) is 35.9 Å². The molecule has 0 bridgehead atoms. The number of ether oxygens (including phenoxy) is 1. The van der Waals surface area contributed by atoms with Gasteiger partial charge in [-0.1, -0.05) is 13.8 Å². The molecule has 2 aliphatic heterocycles. The topological polar surface area (TPSA) is 78.9 Å². The van der Waals surface area contributed by atoms with Crippen molar-refractivity contribution in [1.29, 1.82) is 0 Å². The first-order valence-electron chi connectivity index (χ1n) is 18.8. The number of carbonyl (C=O) groups excluding carboxylic acids is 2. The molecule has 288 valence electrons. The largest absolute Gasteiger partial charge is 0.466 e. The number of likely N-dealkylation sites (tertiary alicyclic amines) is 1. The second kappa shape index (κ2) is 17.0. The van der Waals surface area contributed by atoms with Gasteiger partial charge in [0.2, 0.25) is 11.9 Å². The van der Waals surface area contributed by atoms with Crippen LogP contribution in [0.5, 0.6) is 0 Å². The fourth-order valence-corrected chi connectivity index (χ4v) is 8.32. The summed E-state index contributed by atoms with van der Waals surface area (Å²) >= 11 is 0. The van der Waals surface area contributed by atoms with Crippen molar-refractivity contribution in [1.82, 2.24) is 14.9 Å². The third-order valence-corrected chi connectivity index (χ3v) is 11.1. The van der Waals surface area contributed by atoms with Crippen molar-refractivity contribution in [3.63, 3.8) is 0 Å². The van der Waals surface area contributed by atoms with E-state index < -0.39 is 23.5 Å². The Hall–Kier alpha value is -3.58. The maximum absolute atomic E-state index is 14.2. The second-order valence-corrected chi connectivity index (χ2v) is 14.6. The summed E-state index contributed by atoms with van der Waals surface area (Å²) in [6, 6.07) is 0.939. The van der Waals surface area contributed by atoms with E-state index in [0.717, 1.165) is 63.0 Å². The number of amides is 1. The number of benzene rings is 1. The summed E-state index contributed by atoms with van der Waals surface area (Å²) in [6.07, 6.45) is 2.01. The zero-order valence-corrected chi connectivity index (χ0v) is 30.3. The molecule has 1 saturated carbocycles. The summed E-state index contributed by atoms with van der Waals surface area (Å²) in [5.74, 6) is 0.0900. The molecule has 8 nitrogen and oxygen atoms in total. The molecule has 2 saturated heterocycles. The zero-order chi connectivity index (χ0) is 37.6. The van der Waals surface area contributed by atoms with Crippen molar-refractivity contribution in [3.05, 3.63) is 47.3 Å². The van der Waals surface area contributed by atoms with E-state index in [-0.39, 0.29) is 66.0 Å². The standard InChI is InChI=1S/C38H51F6N5O3/c1-4-30-20-32(21-31(5-2)49(30)35(51)27-12-10-25(11-13-27)18-34(50)52-6-3)48(36-45-22-33(23-46-36)47-14-8-7-9-15-47)24-26-16-28(37(39,40)41)19-29(17-26)38(42,43)44/h16-17,19,22-23,25,27,30-32H,4-15,18,20-21,24H2,1-3H3/t25-,27-,30-,31+,32+. The number of anilines is 2. The Balaban J connectivity index is 1.42. The molecule has 1 aromatic carbocycles. The van der Waals surface area contributed by atoms with Gasteiger partial charge in [0.25, 0.3) is 0 Å². The molecule has 0 unspecified atom stereocenters. The average molecular weight is 740 g/mol. The number of carbonyl (C=O) groups is 2. The number of hydrogen-bond donors (Lipinski definition) is 0. The van der Waals surface area contributed by atoms with Crippen molar-refractivity contribution in [3.8, 4) is 0 Å². The monoisotopic (exact) mass is 739 g/mol. The molecule has 2 aromatic rings. The molecule has 1 aromatic heterocycles. The van der Waals surface area contributed by atoms with Gasteiger partial charge in [0.1, 0.15) is 0 Å². The predicted molar refractivity (Wildman–Crippen MR) is 185 cm³/mol. The van der Waals surface area contributed by atoms with E-state index in [0.29, 0.717) is 51.6 Å². The highest BCUT2D eigenvalue weighted by molar-refractivity contribution is 5.80. The quantitative estimate of drug-likeness (QED) is 0.168. The summed E-state index contributed by atoms with van der Waals surface area (Å²) in [7, 11) is 0. The van der Waals surface area contributed by atoms with E-state index in [2.05, 4.69) is 14.9 Å². The van der Waals surface area contributed by atoms with Crippen LogP contribution in [-0.2, 0) is 33.2 Å². The average Bonchev–Trinajstić information content (AvgIpc) is 3.13. The van der Waals surface area contributed by atoms with Crippen LogP contribution < -0.4 is 9.80 Å². The number of halogens is 6. The Labute approximate surface area is 302 Å². The molecule has 1 aliphatic carbocycles. The lowest BCUT2D eigenvalue weighted by molar-refractivity contribution is -0.146. The number of rotatable bonds is 11. The highest BCUT2D eigenvalue weighted by Crippen LogP contribution is 2.40. The van der Waals surface area contributed by atoms with Crippen LogP contribution >= 0.6 is 0 Å². The summed E-state index contributed by atoms with van der Waals surface area (Å²) in [5, 5.41) is 0. The normalized spacial score (nSPS) is 24.4. The number of alkyl halides is 6. The number of hydrogen-bond acceptors (Lipinski definition) is 7. The van der Waals surface area contributed by atoms with Gasteiger partial charge in [0, 0.05) is 50.1 Å². The Morgan fingerprint density at radius 2 is 1.38 bits per heavy atom. The highest BCUT2D eigenvalue weighted by Gasteiger charge is 2.43. The lowest BCUT2D eigenvalue weighted by Gasteiger charge is -2.49. The van der Waals surface area contributed by atoms with Gasteiger partial charge in [0.15, 0.2) is 0 Å². The number of esters is 1. The lowest BCUT2D eigenvalue weighted by Crippen LogP contribution is -2.58. The lowest BCUT2D eigenvalue weighted by atomic mass is 9.78. The molecule has 5 rings (SSSR count). The minimum absolute atomic E-state index is 0.0770. The molecule has 3 fully saturated rings. The Bertz CT molecular complexity index is 1440. The highest BCUT2D eigenvalue weighted by atomic mass is 19.4. The summed E-state index contributed by atoms with van der Waals surface area (Å²) in [4.78, 5) is 41.4. The summed E-state index contributed by atoms with van der Waals surface area (Å²) in [6.45, 7) is 7.53. The molecule has 0 radical (unpaired) electrons. The van der Waals surface area contributed by atoms with Gasteiger partial charge in [-0.2, -0.15) is 26.3 Å². The van der Waals surface area contributed by atoms with Crippen molar-refractivity contribution in [2.24, 2.45) is 11.8 Å². The SMILES string of the molecule is CCOC(=O)C[C@H]1CC[C@H](C(=O)N2[C@H](CC)C[C@H](N(Cc3cc(C(F)(F)F)cc(C(F)(F)F)c3)c3ncc(N4CCCCC4)cn3)C[C@@H]2CC)CC1. The Kier molecular flexibility index (Phi) is 13.0. The molecular weight excluding hydrogens is 688 g/mol. The van der Waals surface area contributed by atoms with E-state index in [4.69, 9.17) is 4.74 Å². The smallest absolute Gasteiger partial charge is 0.416 e. The summed E-state index contributed by atoms with van der Waals surface area (Å²) in [5.41, 5.74) is -2.06. The first-order valence-corrected chi connectivity index (χ1v) is 18.8. The van der Waals surface area contributed by atoms with Crippen LogP contribution in [0.25, 0.3) is 0 Å². The molecule has 3 atom stereocenters. The van der Waals surface area contributed by atoms with Crippen molar-refractivity contribution in [2.45, 2.75) is 135 Å². The van der Waals surface area contributed by atoms with E-state index in [1.54, 1.807) is 24.2 Å². The van der Waals surface area contributed by atoms with Gasteiger partial charge in [-0.25, -0.2) is 9.97 Å². The van der Waals surface area contributed by atoms with Crippen molar-refractivity contribution in [2.75, 3.05) is 29.5 Å². The van der Waals surface area contributed by atoms with Crippen molar-refractivity contribution >= 4 is 23.5 Å². The zero-order valence-electron chi connectivity index (χ0n) is 30.3. The van der Waals surface area contributed by atoms with Crippen LogP contribution in [-0.4, -0.2) is 64.6 Å². The van der Waals surface area contributed by atoms with Crippen LogP contribution in [0, 0.1) is 11.8 Å². The molecule has 14 heteroatoms. The molecule has 0 spiro atoms. The van der Waals surface area contributed by atoms with Gasteiger partial charge in [-0.15, -0.1) is 0 Å². The van der Waals surface area contributed by atoms with Crippen molar-refractivity contribution < 1.29 is 40.7 Å². The maximum Gasteiger partial charge on any atom is 0.416 e. The van der Waals surface area contributed by atoms with Gasteiger partial charge < -0.3 is 19.4 Å². The fraction of sp³-hybridized carbons (Fsp3) is 0.684. The van der Waals surface area contributed by atoms with Gasteiger partial charge in [-0.3, -0.25) is 9.59 Å². The first kappa shape index (κ1) is 39.6. The first-order chi connectivity index (χ1) is 24.7. The minimum Gasteiger partial charge on any atom is -0.466 e. The second-order valence-electron chi connectivity index (χ2n) is 14.6. The van der Waals surface area contributed by atoms with Crippen LogP contribution in [0.3, 0.4) is 0 Å². The third kappa shape index (κ3) is 9.69. The fourth-order valence-electron chi connectivity index (χ4n) is 8.32. The van der Waals surface area contributed by atoms with Crippen LogP contribution in [0.2, 0.25) is 0 Å². The van der Waals surface area contributed by atoms with Crippen LogP contribution in [0.4, 0.5) is 38.0 Å². The predicted octanol–water partition coefficient (Wildman–Crippen LogP) is 8.82. The molecule has 3 heterocycles. The maximum atomic E-state index is 14.2.